The molecule has 0 radical (unpaired) electrons. The number of furan rings is 1. The molecule has 1 unspecified atom stereocenters. The summed E-state index contributed by atoms with van der Waals surface area (Å²) in [7, 11) is 0. The molecule has 0 saturated heterocycles. The summed E-state index contributed by atoms with van der Waals surface area (Å²) in [5, 5.41) is 4.04. The van der Waals surface area contributed by atoms with Gasteiger partial charge in [-0.05, 0) is 51.5 Å². The van der Waals surface area contributed by atoms with Gasteiger partial charge >= 0.3 is 0 Å². The Morgan fingerprint density at radius 3 is 2.91 bits per heavy atom. The minimum atomic E-state index is -0.378. The zero-order valence-electron chi connectivity index (χ0n) is 18.4. The Kier molecular flexibility index (Phi) is 5.14. The first-order chi connectivity index (χ1) is 15.3. The number of benzene rings is 1. The first kappa shape index (κ1) is 20.9. The van der Waals surface area contributed by atoms with Gasteiger partial charge in [-0.1, -0.05) is 23.9 Å². The molecule has 1 aliphatic rings. The Balaban J connectivity index is 1.45. The predicted octanol–water partition coefficient (Wildman–Crippen LogP) is 5.05. The second kappa shape index (κ2) is 7.86. The van der Waals surface area contributed by atoms with Crippen molar-refractivity contribution in [3.8, 4) is 0 Å². The fourth-order valence-corrected chi connectivity index (χ4v) is 4.69. The van der Waals surface area contributed by atoms with Crippen molar-refractivity contribution in [1.29, 1.82) is 0 Å². The lowest BCUT2D eigenvalue weighted by molar-refractivity contribution is -0.115. The van der Waals surface area contributed by atoms with Gasteiger partial charge in [0.1, 0.15) is 16.9 Å². The van der Waals surface area contributed by atoms with Gasteiger partial charge in [-0.2, -0.15) is 0 Å². The molecule has 0 bridgehead atoms. The van der Waals surface area contributed by atoms with Gasteiger partial charge in [0.25, 0.3) is 0 Å². The summed E-state index contributed by atoms with van der Waals surface area (Å²) < 4.78 is 12.0. The lowest BCUT2D eigenvalue weighted by Crippen LogP contribution is -2.32. The molecule has 3 aromatic heterocycles. The van der Waals surface area contributed by atoms with Crippen molar-refractivity contribution in [3.63, 3.8) is 0 Å². The monoisotopic (exact) mass is 448 g/mol. The molecule has 0 spiro atoms. The van der Waals surface area contributed by atoms with Crippen LogP contribution in [0.25, 0.3) is 22.2 Å². The van der Waals surface area contributed by atoms with Gasteiger partial charge in [0.05, 0.1) is 28.5 Å². The minimum Gasteiger partial charge on any atom is -0.433 e. The van der Waals surface area contributed by atoms with Crippen molar-refractivity contribution in [1.82, 2.24) is 15.0 Å². The first-order valence-corrected chi connectivity index (χ1v) is 11.4. The van der Waals surface area contributed by atoms with Crippen LogP contribution in [-0.2, 0) is 22.6 Å². The number of fused-ring (bicyclic) bond motifs is 4. The van der Waals surface area contributed by atoms with Crippen LogP contribution in [0.4, 0.5) is 5.69 Å². The summed E-state index contributed by atoms with van der Waals surface area (Å²) in [5.74, 6) is -0.101. The molecule has 32 heavy (non-hydrogen) atoms. The molecular formula is C24H24N4O3S. The third-order valence-electron chi connectivity index (χ3n) is 5.54. The SMILES string of the molecule is Cc1cccc(NC(=O)C(C)Sc2ncnc3c2oc2nc4c(cc23)COC(C)(C)C4)c1. The van der Waals surface area contributed by atoms with Crippen molar-refractivity contribution in [2.45, 2.75) is 56.6 Å². The van der Waals surface area contributed by atoms with Gasteiger partial charge in [-0.25, -0.2) is 15.0 Å². The van der Waals surface area contributed by atoms with Crippen molar-refractivity contribution in [3.05, 3.63) is 53.5 Å². The average molecular weight is 449 g/mol. The van der Waals surface area contributed by atoms with E-state index >= 15 is 0 Å². The second-order valence-corrected chi connectivity index (χ2v) is 10.1. The highest BCUT2D eigenvalue weighted by molar-refractivity contribution is 8.00. The zero-order valence-corrected chi connectivity index (χ0v) is 19.2. The molecule has 5 rings (SSSR count). The number of aryl methyl sites for hydroxylation is 1. The summed E-state index contributed by atoms with van der Waals surface area (Å²) in [5.41, 5.74) is 5.45. The lowest BCUT2D eigenvalue weighted by Gasteiger charge is -2.30. The molecule has 7 nitrogen and oxygen atoms in total. The number of pyridine rings is 1. The number of ether oxygens (including phenoxy) is 1. The number of aromatic nitrogens is 3. The summed E-state index contributed by atoms with van der Waals surface area (Å²) >= 11 is 1.34. The number of hydrogen-bond donors (Lipinski definition) is 1. The van der Waals surface area contributed by atoms with E-state index in [0.717, 1.165) is 34.3 Å². The molecular weight excluding hydrogens is 424 g/mol. The molecule has 8 heteroatoms. The molecule has 0 saturated carbocycles. The summed E-state index contributed by atoms with van der Waals surface area (Å²) in [6.45, 7) is 8.48. The van der Waals surface area contributed by atoms with E-state index in [1.54, 1.807) is 0 Å². The van der Waals surface area contributed by atoms with E-state index in [9.17, 15) is 4.79 Å². The number of thioether (sulfide) groups is 1. The Morgan fingerprint density at radius 2 is 2.09 bits per heavy atom. The second-order valence-electron chi connectivity index (χ2n) is 8.75. The van der Waals surface area contributed by atoms with Gasteiger partial charge in [-0.3, -0.25) is 4.79 Å². The standard InChI is InChI=1S/C24H24N4O3S/c1-13-6-5-7-16(8-13)27-21(29)14(2)32-23-20-19(25-12-26-23)17-9-15-11-30-24(3,4)10-18(15)28-22(17)31-20/h5-9,12,14H,10-11H2,1-4H3,(H,27,29). The van der Waals surface area contributed by atoms with Crippen molar-refractivity contribution in [2.75, 3.05) is 5.32 Å². The van der Waals surface area contributed by atoms with E-state index in [-0.39, 0.29) is 16.8 Å². The van der Waals surface area contributed by atoms with Crippen LogP contribution < -0.4 is 5.32 Å². The number of rotatable bonds is 4. The molecule has 1 atom stereocenters. The highest BCUT2D eigenvalue weighted by Gasteiger charge is 2.29. The number of carbonyl (C=O) groups is 1. The number of nitrogens with one attached hydrogen (secondary N) is 1. The van der Waals surface area contributed by atoms with E-state index < -0.39 is 0 Å². The summed E-state index contributed by atoms with van der Waals surface area (Å²) in [6.07, 6.45) is 2.22. The molecule has 0 aliphatic carbocycles. The largest absolute Gasteiger partial charge is 0.433 e. The van der Waals surface area contributed by atoms with Gasteiger partial charge in [0, 0.05) is 17.7 Å². The van der Waals surface area contributed by atoms with Crippen LogP contribution in [0.15, 0.2) is 46.1 Å². The van der Waals surface area contributed by atoms with Gasteiger partial charge in [0.2, 0.25) is 11.6 Å². The van der Waals surface area contributed by atoms with Gasteiger partial charge in [0.15, 0.2) is 5.58 Å². The minimum absolute atomic E-state index is 0.101. The molecule has 0 fully saturated rings. The van der Waals surface area contributed by atoms with Crippen LogP contribution in [0.1, 0.15) is 37.6 Å². The molecule has 1 amide bonds. The fraction of sp³-hybridized carbons (Fsp3) is 0.333. The van der Waals surface area contributed by atoms with E-state index in [0.29, 0.717) is 28.4 Å². The maximum absolute atomic E-state index is 12.7. The van der Waals surface area contributed by atoms with E-state index in [1.807, 2.05) is 44.2 Å². The number of amides is 1. The number of carbonyl (C=O) groups excluding carboxylic acids is 1. The van der Waals surface area contributed by atoms with Crippen LogP contribution in [0.5, 0.6) is 0 Å². The topological polar surface area (TPSA) is 90.1 Å². The smallest absolute Gasteiger partial charge is 0.237 e. The zero-order chi connectivity index (χ0) is 22.5. The summed E-state index contributed by atoms with van der Waals surface area (Å²) in [4.78, 5) is 26.3. The lowest BCUT2D eigenvalue weighted by atomic mass is 9.95. The maximum Gasteiger partial charge on any atom is 0.237 e. The third kappa shape index (κ3) is 3.96. The Morgan fingerprint density at radius 1 is 1.25 bits per heavy atom. The fourth-order valence-electron chi connectivity index (χ4n) is 3.84. The maximum atomic E-state index is 12.7. The van der Waals surface area contributed by atoms with Crippen molar-refractivity contribution >= 4 is 45.6 Å². The van der Waals surface area contributed by atoms with Crippen LogP contribution >= 0.6 is 11.8 Å². The number of anilines is 1. The molecule has 1 aromatic carbocycles. The quantitative estimate of drug-likeness (QED) is 0.345. The molecule has 164 valence electrons. The van der Waals surface area contributed by atoms with Crippen LogP contribution in [0.2, 0.25) is 0 Å². The van der Waals surface area contributed by atoms with Crippen LogP contribution in [0, 0.1) is 6.92 Å². The van der Waals surface area contributed by atoms with Crippen LogP contribution in [0.3, 0.4) is 0 Å². The highest BCUT2D eigenvalue weighted by atomic mass is 32.2. The van der Waals surface area contributed by atoms with Crippen LogP contribution in [-0.4, -0.2) is 31.7 Å². The van der Waals surface area contributed by atoms with E-state index in [4.69, 9.17) is 14.1 Å². The molecule has 4 heterocycles. The number of hydrogen-bond acceptors (Lipinski definition) is 7. The van der Waals surface area contributed by atoms with Gasteiger partial charge < -0.3 is 14.5 Å². The molecule has 4 aromatic rings. The Bertz CT molecular complexity index is 1350. The van der Waals surface area contributed by atoms with Crippen molar-refractivity contribution in [2.24, 2.45) is 0 Å². The molecule has 1 aliphatic heterocycles. The summed E-state index contributed by atoms with van der Waals surface area (Å²) in [6, 6.07) is 9.78. The van der Waals surface area contributed by atoms with E-state index in [1.165, 1.54) is 18.1 Å². The van der Waals surface area contributed by atoms with Gasteiger partial charge in [-0.15, -0.1) is 0 Å². The normalized spacial score (nSPS) is 16.1. The first-order valence-electron chi connectivity index (χ1n) is 10.5. The Hall–Kier alpha value is -2.97. The molecule has 1 N–H and O–H groups in total. The Labute approximate surface area is 190 Å². The van der Waals surface area contributed by atoms with Crippen molar-refractivity contribution < 1.29 is 13.9 Å². The van der Waals surface area contributed by atoms with E-state index in [2.05, 4.69) is 29.1 Å². The average Bonchev–Trinajstić information content (AvgIpc) is 3.10. The highest BCUT2D eigenvalue weighted by Crippen LogP contribution is 2.36. The number of nitrogens with zero attached hydrogens (tertiary/aromatic N) is 3. The predicted molar refractivity (Wildman–Crippen MR) is 125 cm³/mol. The third-order valence-corrected chi connectivity index (χ3v) is 6.62.